The van der Waals surface area contributed by atoms with Gasteiger partial charge in [0.15, 0.2) is 0 Å². The highest BCUT2D eigenvalue weighted by Crippen LogP contribution is 2.38. The highest BCUT2D eigenvalue weighted by atomic mass is 35.5. The van der Waals surface area contributed by atoms with E-state index in [1.807, 2.05) is 24.3 Å². The molecule has 0 spiro atoms. The predicted octanol–water partition coefficient (Wildman–Crippen LogP) is 5.26. The molecule has 1 nitrogen and oxygen atoms in total. The van der Waals surface area contributed by atoms with Crippen LogP contribution in [0.1, 0.15) is 32.3 Å². The molecule has 0 amide bonds. The van der Waals surface area contributed by atoms with E-state index >= 15 is 0 Å². The van der Waals surface area contributed by atoms with Gasteiger partial charge in [0.25, 0.3) is 0 Å². The normalized spacial score (nSPS) is 12.7. The molecule has 1 aromatic rings. The van der Waals surface area contributed by atoms with Crippen molar-refractivity contribution >= 4 is 34.8 Å². The van der Waals surface area contributed by atoms with E-state index in [1.54, 1.807) is 7.11 Å². The molecule has 0 atom stereocenters. The van der Waals surface area contributed by atoms with Crippen molar-refractivity contribution in [3.63, 3.8) is 0 Å². The van der Waals surface area contributed by atoms with Crippen LogP contribution in [0.15, 0.2) is 24.3 Å². The highest BCUT2D eigenvalue weighted by Gasteiger charge is 2.34. The average molecular weight is 324 g/mol. The van der Waals surface area contributed by atoms with Crippen molar-refractivity contribution in [3.05, 3.63) is 34.9 Å². The number of methoxy groups -OCH3 is 1. The molecule has 1 aromatic carbocycles. The number of ether oxygens (including phenoxy) is 1. The lowest BCUT2D eigenvalue weighted by Gasteiger charge is -2.34. The standard InChI is InChI=1S/C15H21Cl3O/c1-14(2,19-3)8-9-15(10-16,11-17)12-6-4-5-7-13(12)18/h4-7H,8-11H2,1-3H3. The van der Waals surface area contributed by atoms with Crippen molar-refractivity contribution in [2.24, 2.45) is 0 Å². The molecule has 0 aromatic heterocycles. The van der Waals surface area contributed by atoms with Gasteiger partial charge in [-0.05, 0) is 38.3 Å². The maximum Gasteiger partial charge on any atom is 0.0623 e. The van der Waals surface area contributed by atoms with Crippen molar-refractivity contribution in [2.75, 3.05) is 18.9 Å². The molecule has 0 aliphatic heterocycles. The summed E-state index contributed by atoms with van der Waals surface area (Å²) in [7, 11) is 1.72. The second-order valence-corrected chi connectivity index (χ2v) is 6.43. The summed E-state index contributed by atoms with van der Waals surface area (Å²) in [6, 6.07) is 7.77. The van der Waals surface area contributed by atoms with Crippen molar-refractivity contribution < 1.29 is 4.74 Å². The van der Waals surface area contributed by atoms with Crippen LogP contribution in [-0.2, 0) is 10.2 Å². The molecule has 0 fully saturated rings. The van der Waals surface area contributed by atoms with Gasteiger partial charge in [0.1, 0.15) is 0 Å². The number of benzene rings is 1. The summed E-state index contributed by atoms with van der Waals surface area (Å²) in [5.41, 5.74) is 0.524. The van der Waals surface area contributed by atoms with E-state index in [-0.39, 0.29) is 11.0 Å². The Labute approximate surface area is 131 Å². The number of halogens is 3. The topological polar surface area (TPSA) is 9.23 Å². The fraction of sp³-hybridized carbons (Fsp3) is 0.600. The zero-order valence-corrected chi connectivity index (χ0v) is 13.9. The Morgan fingerprint density at radius 2 is 1.63 bits per heavy atom. The summed E-state index contributed by atoms with van der Waals surface area (Å²) in [5, 5.41) is 0.721. The van der Waals surface area contributed by atoms with Gasteiger partial charge < -0.3 is 4.74 Å². The lowest BCUT2D eigenvalue weighted by Crippen LogP contribution is -2.34. The molecule has 0 radical (unpaired) electrons. The van der Waals surface area contributed by atoms with Gasteiger partial charge in [-0.3, -0.25) is 0 Å². The molecule has 4 heteroatoms. The van der Waals surface area contributed by atoms with Crippen molar-refractivity contribution in [3.8, 4) is 0 Å². The summed E-state index contributed by atoms with van der Waals surface area (Å²) in [6.07, 6.45) is 1.71. The molecular weight excluding hydrogens is 303 g/mol. The van der Waals surface area contributed by atoms with E-state index in [1.165, 1.54) is 0 Å². The van der Waals surface area contributed by atoms with Crippen molar-refractivity contribution in [1.82, 2.24) is 0 Å². The smallest absolute Gasteiger partial charge is 0.0623 e. The monoisotopic (exact) mass is 322 g/mol. The number of hydrogen-bond acceptors (Lipinski definition) is 1. The van der Waals surface area contributed by atoms with Gasteiger partial charge in [0, 0.05) is 29.3 Å². The van der Waals surface area contributed by atoms with Crippen LogP contribution in [0.25, 0.3) is 0 Å². The van der Waals surface area contributed by atoms with Crippen LogP contribution in [0.4, 0.5) is 0 Å². The molecule has 0 heterocycles. The van der Waals surface area contributed by atoms with Crippen molar-refractivity contribution in [1.29, 1.82) is 0 Å². The fourth-order valence-electron chi connectivity index (χ4n) is 1.98. The minimum atomic E-state index is -0.308. The van der Waals surface area contributed by atoms with E-state index < -0.39 is 0 Å². The second-order valence-electron chi connectivity index (χ2n) is 5.49. The van der Waals surface area contributed by atoms with Gasteiger partial charge in [-0.15, -0.1) is 23.2 Å². The van der Waals surface area contributed by atoms with Gasteiger partial charge >= 0.3 is 0 Å². The Bertz CT molecular complexity index is 400. The molecule has 0 saturated carbocycles. The van der Waals surface area contributed by atoms with Crippen LogP contribution in [0, 0.1) is 0 Å². The maximum atomic E-state index is 6.30. The Morgan fingerprint density at radius 3 is 2.11 bits per heavy atom. The maximum absolute atomic E-state index is 6.30. The van der Waals surface area contributed by atoms with Crippen molar-refractivity contribution in [2.45, 2.75) is 37.7 Å². The molecular formula is C15H21Cl3O. The first-order valence-corrected chi connectivity index (χ1v) is 7.77. The van der Waals surface area contributed by atoms with Gasteiger partial charge in [0.05, 0.1) is 5.60 Å². The van der Waals surface area contributed by atoms with Crippen LogP contribution in [0.3, 0.4) is 0 Å². The van der Waals surface area contributed by atoms with Crippen LogP contribution in [-0.4, -0.2) is 24.5 Å². The summed E-state index contributed by atoms with van der Waals surface area (Å²) in [6.45, 7) is 4.12. The summed E-state index contributed by atoms with van der Waals surface area (Å²) in [5.74, 6) is 0.889. The van der Waals surface area contributed by atoms with Crippen LogP contribution in [0.5, 0.6) is 0 Å². The third-order valence-electron chi connectivity index (χ3n) is 3.72. The molecule has 0 aliphatic rings. The molecule has 0 saturated heterocycles. The zero-order valence-electron chi connectivity index (χ0n) is 11.7. The first kappa shape index (κ1) is 17.1. The van der Waals surface area contributed by atoms with Crippen LogP contribution < -0.4 is 0 Å². The molecule has 0 N–H and O–H groups in total. The SMILES string of the molecule is COC(C)(C)CCC(CCl)(CCl)c1ccccc1Cl. The van der Waals surface area contributed by atoms with Crippen LogP contribution >= 0.6 is 34.8 Å². The Balaban J connectivity index is 3.01. The van der Waals surface area contributed by atoms with E-state index in [2.05, 4.69) is 13.8 Å². The first-order chi connectivity index (χ1) is 8.90. The number of alkyl halides is 2. The average Bonchev–Trinajstić information content (AvgIpc) is 2.42. The quantitative estimate of drug-likeness (QED) is 0.622. The number of hydrogen-bond donors (Lipinski definition) is 0. The lowest BCUT2D eigenvalue weighted by atomic mass is 9.78. The third-order valence-corrected chi connectivity index (χ3v) is 5.07. The van der Waals surface area contributed by atoms with E-state index in [0.29, 0.717) is 11.8 Å². The van der Waals surface area contributed by atoms with E-state index in [4.69, 9.17) is 39.5 Å². The van der Waals surface area contributed by atoms with Gasteiger partial charge in [-0.25, -0.2) is 0 Å². The molecule has 0 bridgehead atoms. The Kier molecular flexibility index (Phi) is 6.46. The van der Waals surface area contributed by atoms with Gasteiger partial charge in [-0.2, -0.15) is 0 Å². The second kappa shape index (κ2) is 7.17. The predicted molar refractivity (Wildman–Crippen MR) is 84.9 cm³/mol. The van der Waals surface area contributed by atoms with E-state index in [9.17, 15) is 0 Å². The summed E-state index contributed by atoms with van der Waals surface area (Å²) >= 11 is 18.7. The third kappa shape index (κ3) is 4.26. The van der Waals surface area contributed by atoms with Crippen LogP contribution in [0.2, 0.25) is 5.02 Å². The Hall–Kier alpha value is 0.0500. The molecule has 0 unspecified atom stereocenters. The molecule has 19 heavy (non-hydrogen) atoms. The lowest BCUT2D eigenvalue weighted by molar-refractivity contribution is 0.0100. The largest absolute Gasteiger partial charge is 0.379 e. The number of rotatable bonds is 7. The minimum Gasteiger partial charge on any atom is -0.379 e. The summed E-state index contributed by atoms with van der Waals surface area (Å²) in [4.78, 5) is 0. The molecule has 0 aliphatic carbocycles. The van der Waals surface area contributed by atoms with Gasteiger partial charge in [-0.1, -0.05) is 29.8 Å². The fourth-order valence-corrected chi connectivity index (χ4v) is 3.16. The molecule has 108 valence electrons. The first-order valence-electron chi connectivity index (χ1n) is 6.33. The summed E-state index contributed by atoms with van der Waals surface area (Å²) < 4.78 is 5.47. The van der Waals surface area contributed by atoms with E-state index in [0.717, 1.165) is 23.4 Å². The van der Waals surface area contributed by atoms with Gasteiger partial charge in [0.2, 0.25) is 0 Å². The highest BCUT2D eigenvalue weighted by molar-refractivity contribution is 6.32. The zero-order chi connectivity index (χ0) is 14.5. The molecule has 1 rings (SSSR count). The Morgan fingerprint density at radius 1 is 1.05 bits per heavy atom. The minimum absolute atomic E-state index is 0.190.